The van der Waals surface area contributed by atoms with Crippen molar-refractivity contribution in [2.75, 3.05) is 25.5 Å². The Bertz CT molecular complexity index is 556. The minimum Gasteiger partial charge on any atom is -0.338 e. The van der Waals surface area contributed by atoms with Gasteiger partial charge in [0.2, 0.25) is 5.91 Å². The first-order valence-electron chi connectivity index (χ1n) is 7.98. The second kappa shape index (κ2) is 5.99. The molecule has 2 saturated heterocycles. The van der Waals surface area contributed by atoms with Gasteiger partial charge in [-0.1, -0.05) is 18.2 Å². The number of likely N-dealkylation sites (N-methyl/N-ethyl adjacent to an activating group) is 1. The summed E-state index contributed by atoms with van der Waals surface area (Å²) in [5.41, 5.74) is 0.641. The number of benzene rings is 1. The number of nitrogens with one attached hydrogen (secondary N) is 1. The summed E-state index contributed by atoms with van der Waals surface area (Å²) in [6.45, 7) is 1.39. The number of carbonyl (C=O) groups is 2. The Morgan fingerprint density at radius 1 is 1.18 bits per heavy atom. The van der Waals surface area contributed by atoms with Crippen LogP contribution < -0.4 is 5.32 Å². The minimum atomic E-state index is -0.165. The normalized spacial score (nSPS) is 25.4. The average Bonchev–Trinajstić information content (AvgIpc) is 2.54. The van der Waals surface area contributed by atoms with Gasteiger partial charge in [0.25, 0.3) is 0 Å². The zero-order valence-electron chi connectivity index (χ0n) is 13.0. The van der Waals surface area contributed by atoms with E-state index in [1.165, 1.54) is 0 Å². The molecule has 2 fully saturated rings. The lowest BCUT2D eigenvalue weighted by atomic mass is 9.80. The van der Waals surface area contributed by atoms with Crippen LogP contribution in [0.25, 0.3) is 0 Å². The van der Waals surface area contributed by atoms with Gasteiger partial charge < -0.3 is 15.1 Å². The lowest BCUT2D eigenvalue weighted by Crippen LogP contribution is -2.62. The molecule has 0 saturated carbocycles. The molecule has 1 N–H and O–H groups in total. The van der Waals surface area contributed by atoms with Crippen molar-refractivity contribution in [2.24, 2.45) is 0 Å². The fourth-order valence-corrected chi connectivity index (χ4v) is 3.66. The van der Waals surface area contributed by atoms with Gasteiger partial charge in [0.1, 0.15) is 0 Å². The molecule has 2 heterocycles. The summed E-state index contributed by atoms with van der Waals surface area (Å²) in [5.74, 6) is 0.205. The molecule has 0 aliphatic carbocycles. The zero-order chi connectivity index (χ0) is 15.6. The van der Waals surface area contributed by atoms with Crippen molar-refractivity contribution >= 4 is 17.6 Å². The summed E-state index contributed by atoms with van der Waals surface area (Å²) < 4.78 is 0. The van der Waals surface area contributed by atoms with E-state index >= 15 is 0 Å². The molecule has 22 heavy (non-hydrogen) atoms. The van der Waals surface area contributed by atoms with E-state index in [9.17, 15) is 9.59 Å². The summed E-state index contributed by atoms with van der Waals surface area (Å²) in [7, 11) is 1.89. The van der Waals surface area contributed by atoms with Crippen molar-refractivity contribution in [2.45, 2.75) is 37.6 Å². The molecule has 2 aliphatic heterocycles. The van der Waals surface area contributed by atoms with Crippen molar-refractivity contribution in [1.82, 2.24) is 9.80 Å². The summed E-state index contributed by atoms with van der Waals surface area (Å²) in [6.07, 6.45) is 4.49. The number of anilines is 1. The first-order valence-corrected chi connectivity index (χ1v) is 7.98. The number of piperidine rings is 2. The van der Waals surface area contributed by atoms with Crippen LogP contribution in [0.4, 0.5) is 10.5 Å². The number of hydrogen-bond donors (Lipinski definition) is 1. The van der Waals surface area contributed by atoms with Crippen molar-refractivity contribution in [3.05, 3.63) is 30.3 Å². The Kier molecular flexibility index (Phi) is 4.05. The van der Waals surface area contributed by atoms with Gasteiger partial charge in [-0.05, 0) is 37.8 Å². The van der Waals surface area contributed by atoms with Crippen LogP contribution in [0, 0.1) is 0 Å². The van der Waals surface area contributed by atoms with Crippen LogP contribution in [0.5, 0.6) is 0 Å². The second-order valence-corrected chi connectivity index (χ2v) is 6.35. The van der Waals surface area contributed by atoms with Gasteiger partial charge in [-0.15, -0.1) is 0 Å². The van der Waals surface area contributed by atoms with E-state index in [1.807, 2.05) is 47.2 Å². The highest BCUT2D eigenvalue weighted by Crippen LogP contribution is 2.35. The van der Waals surface area contributed by atoms with Crippen molar-refractivity contribution in [3.8, 4) is 0 Å². The van der Waals surface area contributed by atoms with Gasteiger partial charge >= 0.3 is 6.03 Å². The molecule has 1 aromatic rings. The van der Waals surface area contributed by atoms with Crippen molar-refractivity contribution in [1.29, 1.82) is 0 Å². The number of amides is 3. The van der Waals surface area contributed by atoms with Crippen LogP contribution in [0.3, 0.4) is 0 Å². The van der Waals surface area contributed by atoms with Crippen LogP contribution in [-0.2, 0) is 4.79 Å². The fraction of sp³-hybridized carbons (Fsp3) is 0.529. The SMILES string of the molecule is CN1C(=O)CCC[C@@]12CCCN(C(=O)Nc1ccccc1)C2. The average molecular weight is 301 g/mol. The van der Waals surface area contributed by atoms with Crippen LogP contribution in [0.1, 0.15) is 32.1 Å². The summed E-state index contributed by atoms with van der Waals surface area (Å²) in [5, 5.41) is 2.94. The Morgan fingerprint density at radius 3 is 2.68 bits per heavy atom. The van der Waals surface area contributed by atoms with E-state index in [4.69, 9.17) is 0 Å². The fourth-order valence-electron chi connectivity index (χ4n) is 3.66. The molecule has 2 aliphatic rings. The summed E-state index contributed by atoms with van der Waals surface area (Å²) in [6, 6.07) is 9.43. The zero-order valence-corrected chi connectivity index (χ0v) is 13.0. The summed E-state index contributed by atoms with van der Waals surface area (Å²) >= 11 is 0. The number of nitrogens with zero attached hydrogens (tertiary/aromatic N) is 2. The Labute approximate surface area is 131 Å². The highest BCUT2D eigenvalue weighted by molar-refractivity contribution is 5.89. The molecule has 5 heteroatoms. The molecule has 1 aromatic carbocycles. The quantitative estimate of drug-likeness (QED) is 0.867. The van der Waals surface area contributed by atoms with Gasteiger partial charge in [-0.2, -0.15) is 0 Å². The third-order valence-corrected chi connectivity index (χ3v) is 4.99. The highest BCUT2D eigenvalue weighted by Gasteiger charge is 2.44. The summed E-state index contributed by atoms with van der Waals surface area (Å²) in [4.78, 5) is 28.3. The predicted octanol–water partition coefficient (Wildman–Crippen LogP) is 2.70. The number of rotatable bonds is 1. The van der Waals surface area contributed by atoms with E-state index in [0.29, 0.717) is 13.0 Å². The maximum Gasteiger partial charge on any atom is 0.321 e. The standard InChI is InChI=1S/C17H23N3O2/c1-19-15(21)9-5-10-17(19)11-6-12-20(13-17)16(22)18-14-7-3-2-4-8-14/h2-4,7-8H,5-6,9-13H2,1H3,(H,18,22)/t17-/m0/s1. The van der Waals surface area contributed by atoms with Gasteiger partial charge in [0.05, 0.1) is 5.54 Å². The van der Waals surface area contributed by atoms with Crippen LogP contribution >= 0.6 is 0 Å². The maximum atomic E-state index is 12.5. The largest absolute Gasteiger partial charge is 0.338 e. The van der Waals surface area contributed by atoms with E-state index in [0.717, 1.165) is 37.9 Å². The number of urea groups is 1. The number of carbonyl (C=O) groups excluding carboxylic acids is 2. The Morgan fingerprint density at radius 2 is 1.91 bits per heavy atom. The second-order valence-electron chi connectivity index (χ2n) is 6.35. The van der Waals surface area contributed by atoms with E-state index in [-0.39, 0.29) is 17.5 Å². The smallest absolute Gasteiger partial charge is 0.321 e. The van der Waals surface area contributed by atoms with E-state index in [1.54, 1.807) is 0 Å². The predicted molar refractivity (Wildman–Crippen MR) is 85.6 cm³/mol. The minimum absolute atomic E-state index is 0.0725. The van der Waals surface area contributed by atoms with E-state index in [2.05, 4.69) is 5.32 Å². The number of likely N-dealkylation sites (tertiary alicyclic amines) is 2. The third-order valence-electron chi connectivity index (χ3n) is 4.99. The van der Waals surface area contributed by atoms with Crippen LogP contribution in [0.15, 0.2) is 30.3 Å². The van der Waals surface area contributed by atoms with Crippen LogP contribution in [-0.4, -0.2) is 47.4 Å². The first kappa shape index (κ1) is 14.9. The van der Waals surface area contributed by atoms with Gasteiger partial charge in [0.15, 0.2) is 0 Å². The van der Waals surface area contributed by atoms with Crippen molar-refractivity contribution in [3.63, 3.8) is 0 Å². The van der Waals surface area contributed by atoms with Gasteiger partial charge in [-0.25, -0.2) is 4.79 Å². The topological polar surface area (TPSA) is 52.7 Å². The molecular weight excluding hydrogens is 278 g/mol. The third kappa shape index (κ3) is 2.80. The number of hydrogen-bond acceptors (Lipinski definition) is 2. The molecule has 0 unspecified atom stereocenters. The van der Waals surface area contributed by atoms with Gasteiger partial charge in [0, 0.05) is 32.2 Å². The molecular formula is C17H23N3O2. The molecule has 0 radical (unpaired) electrons. The van der Waals surface area contributed by atoms with Gasteiger partial charge in [-0.3, -0.25) is 4.79 Å². The molecule has 5 nitrogen and oxygen atoms in total. The van der Waals surface area contributed by atoms with Crippen LogP contribution in [0.2, 0.25) is 0 Å². The van der Waals surface area contributed by atoms with Crippen molar-refractivity contribution < 1.29 is 9.59 Å². The Hall–Kier alpha value is -2.04. The maximum absolute atomic E-state index is 12.5. The lowest BCUT2D eigenvalue weighted by Gasteiger charge is -2.50. The molecule has 0 bridgehead atoms. The van der Waals surface area contributed by atoms with E-state index < -0.39 is 0 Å². The first-order chi connectivity index (χ1) is 10.6. The molecule has 118 valence electrons. The molecule has 3 rings (SSSR count). The lowest BCUT2D eigenvalue weighted by molar-refractivity contribution is -0.142. The Balaban J connectivity index is 1.70. The molecule has 0 aromatic heterocycles. The molecule has 1 spiro atoms. The molecule has 1 atom stereocenters. The molecule has 3 amide bonds. The monoisotopic (exact) mass is 301 g/mol. The highest BCUT2D eigenvalue weighted by atomic mass is 16.2. The number of para-hydroxylation sites is 1.